The number of ether oxygens (including phenoxy) is 1. The van der Waals surface area contributed by atoms with Crippen LogP contribution in [0.1, 0.15) is 21.5 Å². The van der Waals surface area contributed by atoms with Crippen LogP contribution in [0, 0.1) is 11.3 Å². The van der Waals surface area contributed by atoms with E-state index in [0.717, 1.165) is 27.1 Å². The second-order valence-electron chi connectivity index (χ2n) is 6.74. The molecule has 0 spiro atoms. The van der Waals surface area contributed by atoms with Crippen molar-refractivity contribution in [1.82, 2.24) is 4.98 Å². The Balaban J connectivity index is 1.75. The Hall–Kier alpha value is -3.69. The SMILES string of the molecule is COc1ccc2nc(N(Cc3ccccc3)C(=O)c3cccc(CC#N)c3)sc2c1. The summed E-state index contributed by atoms with van der Waals surface area (Å²) in [7, 11) is 1.63. The molecule has 0 aliphatic carbocycles. The molecule has 30 heavy (non-hydrogen) atoms. The maximum atomic E-state index is 13.5. The highest BCUT2D eigenvalue weighted by molar-refractivity contribution is 7.22. The molecule has 0 aliphatic heterocycles. The molecular formula is C24H19N3O2S. The molecule has 0 saturated heterocycles. The normalized spacial score (nSPS) is 10.5. The van der Waals surface area contributed by atoms with E-state index in [-0.39, 0.29) is 12.3 Å². The highest BCUT2D eigenvalue weighted by Gasteiger charge is 2.22. The van der Waals surface area contributed by atoms with Gasteiger partial charge in [-0.1, -0.05) is 53.8 Å². The lowest BCUT2D eigenvalue weighted by Gasteiger charge is -2.20. The van der Waals surface area contributed by atoms with Gasteiger partial charge in [0.25, 0.3) is 5.91 Å². The molecule has 0 N–H and O–H groups in total. The number of carbonyl (C=O) groups excluding carboxylic acids is 1. The Kier molecular flexibility index (Phi) is 5.73. The summed E-state index contributed by atoms with van der Waals surface area (Å²) in [5.74, 6) is 0.604. The first-order chi connectivity index (χ1) is 14.7. The van der Waals surface area contributed by atoms with Crippen molar-refractivity contribution in [2.24, 2.45) is 0 Å². The molecule has 4 aromatic rings. The van der Waals surface area contributed by atoms with Crippen LogP contribution in [0.15, 0.2) is 72.8 Å². The topological polar surface area (TPSA) is 66.2 Å². The third-order valence-corrected chi connectivity index (χ3v) is 5.74. The van der Waals surface area contributed by atoms with E-state index in [9.17, 15) is 4.79 Å². The third-order valence-electron chi connectivity index (χ3n) is 4.70. The van der Waals surface area contributed by atoms with E-state index in [1.54, 1.807) is 24.1 Å². The zero-order valence-electron chi connectivity index (χ0n) is 16.4. The van der Waals surface area contributed by atoms with Gasteiger partial charge in [-0.15, -0.1) is 0 Å². The minimum atomic E-state index is -0.148. The van der Waals surface area contributed by atoms with Crippen molar-refractivity contribution in [3.8, 4) is 11.8 Å². The van der Waals surface area contributed by atoms with Crippen LogP contribution in [0.3, 0.4) is 0 Å². The van der Waals surface area contributed by atoms with Gasteiger partial charge < -0.3 is 4.74 Å². The van der Waals surface area contributed by atoms with E-state index in [1.807, 2.05) is 60.7 Å². The standard InChI is InChI=1S/C24H19N3O2S/c1-29-20-10-11-21-22(15-20)30-24(26-21)27(16-18-6-3-2-4-7-18)23(28)19-9-5-8-17(14-19)12-13-25/h2-11,14-15H,12,16H2,1H3. The minimum absolute atomic E-state index is 0.148. The maximum absolute atomic E-state index is 13.5. The van der Waals surface area contributed by atoms with Gasteiger partial charge in [0, 0.05) is 5.56 Å². The number of rotatable bonds is 6. The average molecular weight is 414 g/mol. The van der Waals surface area contributed by atoms with Gasteiger partial charge in [-0.25, -0.2) is 4.98 Å². The van der Waals surface area contributed by atoms with Gasteiger partial charge in [-0.3, -0.25) is 9.69 Å². The highest BCUT2D eigenvalue weighted by atomic mass is 32.1. The fourth-order valence-electron chi connectivity index (χ4n) is 3.19. The number of fused-ring (bicyclic) bond motifs is 1. The molecule has 0 radical (unpaired) electrons. The molecule has 0 atom stereocenters. The van der Waals surface area contributed by atoms with Crippen molar-refractivity contribution in [1.29, 1.82) is 5.26 Å². The van der Waals surface area contributed by atoms with Gasteiger partial charge >= 0.3 is 0 Å². The summed E-state index contributed by atoms with van der Waals surface area (Å²) < 4.78 is 6.26. The number of nitrogens with zero attached hydrogens (tertiary/aromatic N) is 3. The molecule has 0 bridgehead atoms. The Morgan fingerprint density at radius 2 is 1.87 bits per heavy atom. The number of hydrogen-bond acceptors (Lipinski definition) is 5. The van der Waals surface area contributed by atoms with Crippen LogP contribution in [0.4, 0.5) is 5.13 Å². The molecule has 0 aliphatic rings. The number of carbonyl (C=O) groups is 1. The Morgan fingerprint density at radius 3 is 2.63 bits per heavy atom. The number of hydrogen-bond donors (Lipinski definition) is 0. The second-order valence-corrected chi connectivity index (χ2v) is 7.75. The van der Waals surface area contributed by atoms with Crippen LogP contribution in [0.5, 0.6) is 5.75 Å². The monoisotopic (exact) mass is 413 g/mol. The summed E-state index contributed by atoms with van der Waals surface area (Å²) in [5.41, 5.74) is 3.18. The number of thiazole rings is 1. The molecule has 0 unspecified atom stereocenters. The van der Waals surface area contributed by atoms with Crippen molar-refractivity contribution in [2.45, 2.75) is 13.0 Å². The largest absolute Gasteiger partial charge is 0.497 e. The van der Waals surface area contributed by atoms with Crippen LogP contribution < -0.4 is 9.64 Å². The molecule has 1 amide bonds. The number of amides is 1. The predicted octanol–water partition coefficient (Wildman–Crippen LogP) is 5.22. The lowest BCUT2D eigenvalue weighted by Crippen LogP contribution is -2.30. The zero-order valence-corrected chi connectivity index (χ0v) is 17.2. The smallest absolute Gasteiger partial charge is 0.260 e. The van der Waals surface area contributed by atoms with Crippen molar-refractivity contribution < 1.29 is 9.53 Å². The summed E-state index contributed by atoms with van der Waals surface area (Å²) in [4.78, 5) is 19.9. The van der Waals surface area contributed by atoms with Gasteiger partial charge in [-0.2, -0.15) is 5.26 Å². The molecule has 3 aromatic carbocycles. The molecule has 1 heterocycles. The van der Waals surface area contributed by atoms with Gasteiger partial charge in [-0.05, 0) is 41.5 Å². The van der Waals surface area contributed by atoms with E-state index >= 15 is 0 Å². The molecule has 5 nitrogen and oxygen atoms in total. The Labute approximate surface area is 178 Å². The quantitative estimate of drug-likeness (QED) is 0.435. The van der Waals surface area contributed by atoms with Gasteiger partial charge in [0.1, 0.15) is 5.75 Å². The lowest BCUT2D eigenvalue weighted by atomic mass is 10.1. The Bertz CT molecular complexity index is 1230. The van der Waals surface area contributed by atoms with Crippen LogP contribution in [0.2, 0.25) is 0 Å². The molecule has 1 aromatic heterocycles. The van der Waals surface area contributed by atoms with Crippen molar-refractivity contribution in [2.75, 3.05) is 12.0 Å². The first-order valence-corrected chi connectivity index (χ1v) is 10.3. The molecule has 4 rings (SSSR count). The molecule has 0 saturated carbocycles. The molecule has 148 valence electrons. The summed E-state index contributed by atoms with van der Waals surface area (Å²) >= 11 is 1.45. The maximum Gasteiger partial charge on any atom is 0.260 e. The summed E-state index contributed by atoms with van der Waals surface area (Å²) in [6.07, 6.45) is 0.265. The van der Waals surface area contributed by atoms with E-state index in [0.29, 0.717) is 17.2 Å². The van der Waals surface area contributed by atoms with Crippen LogP contribution in [-0.4, -0.2) is 18.0 Å². The third kappa shape index (κ3) is 4.17. The van der Waals surface area contributed by atoms with Crippen LogP contribution in [-0.2, 0) is 13.0 Å². The van der Waals surface area contributed by atoms with Gasteiger partial charge in [0.15, 0.2) is 5.13 Å². The first kappa shape index (κ1) is 19.6. The number of nitriles is 1. The van der Waals surface area contributed by atoms with E-state index in [1.165, 1.54) is 11.3 Å². The average Bonchev–Trinajstić information content (AvgIpc) is 3.21. The first-order valence-electron chi connectivity index (χ1n) is 9.44. The lowest BCUT2D eigenvalue weighted by molar-refractivity contribution is 0.0985. The van der Waals surface area contributed by atoms with Crippen molar-refractivity contribution >= 4 is 32.6 Å². The summed E-state index contributed by atoms with van der Waals surface area (Å²) in [5, 5.41) is 9.61. The number of benzene rings is 3. The number of anilines is 1. The van der Waals surface area contributed by atoms with E-state index in [2.05, 4.69) is 6.07 Å². The van der Waals surface area contributed by atoms with E-state index in [4.69, 9.17) is 15.0 Å². The predicted molar refractivity (Wildman–Crippen MR) is 119 cm³/mol. The fraction of sp³-hybridized carbons (Fsp3) is 0.125. The molecule has 0 fully saturated rings. The summed E-state index contributed by atoms with van der Waals surface area (Å²) in [6.45, 7) is 0.402. The second kappa shape index (κ2) is 8.76. The van der Waals surface area contributed by atoms with Gasteiger partial charge in [0.05, 0.1) is 36.4 Å². The number of aromatic nitrogens is 1. The number of methoxy groups -OCH3 is 1. The highest BCUT2D eigenvalue weighted by Crippen LogP contribution is 2.33. The minimum Gasteiger partial charge on any atom is -0.497 e. The van der Waals surface area contributed by atoms with Crippen LogP contribution >= 0.6 is 11.3 Å². The molecular weight excluding hydrogens is 394 g/mol. The fourth-order valence-corrected chi connectivity index (χ4v) is 4.18. The van der Waals surface area contributed by atoms with Gasteiger partial charge in [0.2, 0.25) is 0 Å². The van der Waals surface area contributed by atoms with E-state index < -0.39 is 0 Å². The van der Waals surface area contributed by atoms with Crippen LogP contribution in [0.25, 0.3) is 10.2 Å². The zero-order chi connectivity index (χ0) is 20.9. The summed E-state index contributed by atoms with van der Waals surface area (Å²) in [6, 6.07) is 24.9. The van der Waals surface area contributed by atoms with Crippen molar-refractivity contribution in [3.63, 3.8) is 0 Å². The Morgan fingerprint density at radius 1 is 1.07 bits per heavy atom. The van der Waals surface area contributed by atoms with Crippen molar-refractivity contribution in [3.05, 3.63) is 89.5 Å². The molecule has 6 heteroatoms.